The van der Waals surface area contributed by atoms with Gasteiger partial charge in [-0.05, 0) is 24.3 Å². The van der Waals surface area contributed by atoms with E-state index in [-0.39, 0.29) is 0 Å². The van der Waals surface area contributed by atoms with Gasteiger partial charge in [-0.1, -0.05) is 38.8 Å². The number of rotatable bonds is 7. The molecule has 0 aliphatic carbocycles. The van der Waals surface area contributed by atoms with Crippen LogP contribution in [0.15, 0.2) is 29.2 Å². The summed E-state index contributed by atoms with van der Waals surface area (Å²) in [5, 5.41) is 3.51. The standard InChI is InChI=1S/C13H21NS/c1-3-5-8-11-14-12-9-6-7-10-13(12)15-4-2/h6-7,9-10,14H,3-5,8,11H2,1-2H3. The summed E-state index contributed by atoms with van der Waals surface area (Å²) < 4.78 is 0. The van der Waals surface area contributed by atoms with Crippen molar-refractivity contribution in [2.45, 2.75) is 38.0 Å². The number of unbranched alkanes of at least 4 members (excludes halogenated alkanes) is 2. The smallest absolute Gasteiger partial charge is 0.0478 e. The first-order valence-electron chi connectivity index (χ1n) is 5.84. The van der Waals surface area contributed by atoms with Crippen LogP contribution in [0.5, 0.6) is 0 Å². The van der Waals surface area contributed by atoms with Gasteiger partial charge in [0, 0.05) is 17.1 Å². The highest BCUT2D eigenvalue weighted by atomic mass is 32.2. The van der Waals surface area contributed by atoms with E-state index in [9.17, 15) is 0 Å². The van der Waals surface area contributed by atoms with E-state index in [1.807, 2.05) is 11.8 Å². The number of anilines is 1. The molecule has 0 fully saturated rings. The van der Waals surface area contributed by atoms with Crippen LogP contribution in [-0.2, 0) is 0 Å². The molecule has 1 aromatic carbocycles. The SMILES string of the molecule is CCCCCNc1ccccc1SCC. The van der Waals surface area contributed by atoms with Crippen LogP contribution in [0.2, 0.25) is 0 Å². The average Bonchev–Trinajstić information content (AvgIpc) is 2.27. The third kappa shape index (κ3) is 4.61. The van der Waals surface area contributed by atoms with Gasteiger partial charge in [0.2, 0.25) is 0 Å². The van der Waals surface area contributed by atoms with Crippen LogP contribution >= 0.6 is 11.8 Å². The molecule has 1 nitrogen and oxygen atoms in total. The van der Waals surface area contributed by atoms with Gasteiger partial charge >= 0.3 is 0 Å². The van der Waals surface area contributed by atoms with Crippen LogP contribution in [0, 0.1) is 0 Å². The van der Waals surface area contributed by atoms with Crippen LogP contribution in [0.1, 0.15) is 33.1 Å². The molecule has 0 bridgehead atoms. The van der Waals surface area contributed by atoms with E-state index in [4.69, 9.17) is 0 Å². The predicted molar refractivity (Wildman–Crippen MR) is 70.9 cm³/mol. The molecule has 0 unspecified atom stereocenters. The van der Waals surface area contributed by atoms with Gasteiger partial charge in [-0.15, -0.1) is 11.8 Å². The number of nitrogens with one attached hydrogen (secondary N) is 1. The third-order valence-electron chi connectivity index (χ3n) is 2.28. The van der Waals surface area contributed by atoms with E-state index < -0.39 is 0 Å². The number of thioether (sulfide) groups is 1. The van der Waals surface area contributed by atoms with E-state index in [1.54, 1.807) is 0 Å². The Morgan fingerprint density at radius 1 is 1.13 bits per heavy atom. The molecule has 1 N–H and O–H groups in total. The van der Waals surface area contributed by atoms with Crippen molar-refractivity contribution in [2.75, 3.05) is 17.6 Å². The molecule has 0 saturated carbocycles. The van der Waals surface area contributed by atoms with E-state index in [2.05, 4.69) is 43.4 Å². The van der Waals surface area contributed by atoms with Crippen LogP contribution in [0.4, 0.5) is 5.69 Å². The third-order valence-corrected chi connectivity index (χ3v) is 3.24. The van der Waals surface area contributed by atoms with Gasteiger partial charge in [-0.3, -0.25) is 0 Å². The first-order chi connectivity index (χ1) is 7.38. The minimum Gasteiger partial charge on any atom is -0.384 e. The number of hydrogen-bond donors (Lipinski definition) is 1. The van der Waals surface area contributed by atoms with Crippen LogP contribution < -0.4 is 5.32 Å². The van der Waals surface area contributed by atoms with Gasteiger partial charge in [0.15, 0.2) is 0 Å². The number of hydrogen-bond acceptors (Lipinski definition) is 2. The largest absolute Gasteiger partial charge is 0.384 e. The summed E-state index contributed by atoms with van der Waals surface area (Å²) >= 11 is 1.90. The maximum atomic E-state index is 3.51. The quantitative estimate of drug-likeness (QED) is 0.543. The van der Waals surface area contributed by atoms with Gasteiger partial charge in [-0.2, -0.15) is 0 Å². The molecule has 1 aromatic rings. The summed E-state index contributed by atoms with van der Waals surface area (Å²) in [6.45, 7) is 5.52. The molecule has 0 aliphatic rings. The Labute approximate surface area is 97.7 Å². The first-order valence-corrected chi connectivity index (χ1v) is 6.82. The normalized spacial score (nSPS) is 10.3. The molecule has 0 atom stereocenters. The monoisotopic (exact) mass is 223 g/mol. The lowest BCUT2D eigenvalue weighted by atomic mass is 10.2. The molecule has 0 aliphatic heterocycles. The summed E-state index contributed by atoms with van der Waals surface area (Å²) in [7, 11) is 0. The van der Waals surface area contributed by atoms with E-state index >= 15 is 0 Å². The van der Waals surface area contributed by atoms with Crippen molar-refractivity contribution >= 4 is 17.4 Å². The zero-order chi connectivity index (χ0) is 10.9. The van der Waals surface area contributed by atoms with Crippen molar-refractivity contribution in [1.82, 2.24) is 0 Å². The molecule has 0 heterocycles. The molecular weight excluding hydrogens is 202 g/mol. The van der Waals surface area contributed by atoms with Crippen molar-refractivity contribution in [3.05, 3.63) is 24.3 Å². The molecule has 15 heavy (non-hydrogen) atoms. The summed E-state index contributed by atoms with van der Waals surface area (Å²) in [5.74, 6) is 1.13. The molecular formula is C13H21NS. The van der Waals surface area contributed by atoms with E-state index in [0.717, 1.165) is 12.3 Å². The molecule has 84 valence electrons. The fraction of sp³-hybridized carbons (Fsp3) is 0.538. The minimum absolute atomic E-state index is 1.09. The van der Waals surface area contributed by atoms with Gasteiger partial charge in [0.25, 0.3) is 0 Å². The molecule has 0 radical (unpaired) electrons. The summed E-state index contributed by atoms with van der Waals surface area (Å²) in [6, 6.07) is 8.57. The van der Waals surface area contributed by atoms with Crippen molar-refractivity contribution in [3.63, 3.8) is 0 Å². The Kier molecular flexibility index (Phi) is 6.33. The van der Waals surface area contributed by atoms with Gasteiger partial charge < -0.3 is 5.32 Å². The van der Waals surface area contributed by atoms with Gasteiger partial charge in [-0.25, -0.2) is 0 Å². The highest BCUT2D eigenvalue weighted by Crippen LogP contribution is 2.26. The van der Waals surface area contributed by atoms with Crippen LogP contribution in [-0.4, -0.2) is 12.3 Å². The Balaban J connectivity index is 2.44. The number of benzene rings is 1. The molecule has 0 aromatic heterocycles. The highest BCUT2D eigenvalue weighted by Gasteiger charge is 1.99. The van der Waals surface area contributed by atoms with Crippen molar-refractivity contribution in [3.8, 4) is 0 Å². The second-order valence-electron chi connectivity index (χ2n) is 3.56. The van der Waals surface area contributed by atoms with Crippen molar-refractivity contribution in [1.29, 1.82) is 0 Å². The topological polar surface area (TPSA) is 12.0 Å². The lowest BCUT2D eigenvalue weighted by Crippen LogP contribution is -2.02. The lowest BCUT2D eigenvalue weighted by molar-refractivity contribution is 0.743. The Bertz CT molecular complexity index is 273. The summed E-state index contributed by atoms with van der Waals surface area (Å²) in [4.78, 5) is 1.37. The average molecular weight is 223 g/mol. The molecule has 1 rings (SSSR count). The fourth-order valence-electron chi connectivity index (χ4n) is 1.49. The van der Waals surface area contributed by atoms with Crippen molar-refractivity contribution < 1.29 is 0 Å². The van der Waals surface area contributed by atoms with Gasteiger partial charge in [0.05, 0.1) is 0 Å². The zero-order valence-electron chi connectivity index (χ0n) is 9.75. The zero-order valence-corrected chi connectivity index (χ0v) is 10.6. The maximum absolute atomic E-state index is 3.51. The van der Waals surface area contributed by atoms with E-state index in [0.29, 0.717) is 0 Å². The Morgan fingerprint density at radius 3 is 2.67 bits per heavy atom. The lowest BCUT2D eigenvalue weighted by Gasteiger charge is -2.10. The summed E-state index contributed by atoms with van der Waals surface area (Å²) in [6.07, 6.45) is 3.87. The fourth-order valence-corrected chi connectivity index (χ4v) is 2.27. The molecule has 0 saturated heterocycles. The first kappa shape index (κ1) is 12.4. The second-order valence-corrected chi connectivity index (χ2v) is 4.87. The van der Waals surface area contributed by atoms with Crippen LogP contribution in [0.25, 0.3) is 0 Å². The number of para-hydroxylation sites is 1. The second kappa shape index (κ2) is 7.63. The molecule has 2 heteroatoms. The maximum Gasteiger partial charge on any atom is 0.0478 e. The minimum atomic E-state index is 1.09. The highest BCUT2D eigenvalue weighted by molar-refractivity contribution is 7.99. The predicted octanol–water partition coefficient (Wildman–Crippen LogP) is 4.40. The Morgan fingerprint density at radius 2 is 1.93 bits per heavy atom. The molecule has 0 spiro atoms. The van der Waals surface area contributed by atoms with Gasteiger partial charge in [0.1, 0.15) is 0 Å². The molecule has 0 amide bonds. The van der Waals surface area contributed by atoms with Crippen LogP contribution in [0.3, 0.4) is 0 Å². The van der Waals surface area contributed by atoms with E-state index in [1.165, 1.54) is 29.8 Å². The Hall–Kier alpha value is -0.630. The van der Waals surface area contributed by atoms with Crippen molar-refractivity contribution in [2.24, 2.45) is 0 Å². The summed E-state index contributed by atoms with van der Waals surface area (Å²) in [5.41, 5.74) is 1.29.